The number of rotatable bonds is 6. The first-order chi connectivity index (χ1) is 11.7. The van der Waals surface area contributed by atoms with E-state index >= 15 is 0 Å². The largest absolute Gasteiger partial charge is 0.445 e. The maximum atomic E-state index is 11.6. The number of anilines is 1. The molecule has 0 radical (unpaired) electrons. The van der Waals surface area contributed by atoms with Gasteiger partial charge in [-0.05, 0) is 29.7 Å². The lowest BCUT2D eigenvalue weighted by Gasteiger charge is -2.06. The predicted octanol–water partition coefficient (Wildman–Crippen LogP) is 3.47. The highest BCUT2D eigenvalue weighted by Crippen LogP contribution is 2.14. The zero-order chi connectivity index (χ0) is 17.2. The Morgan fingerprint density at radius 2 is 2.04 bits per heavy atom. The molecule has 2 aromatic rings. The molecule has 0 aliphatic heterocycles. The van der Waals surface area contributed by atoms with Gasteiger partial charge in [-0.3, -0.25) is 0 Å². The molecule has 0 saturated heterocycles. The van der Waals surface area contributed by atoms with Crippen molar-refractivity contribution in [2.45, 2.75) is 13.0 Å². The summed E-state index contributed by atoms with van der Waals surface area (Å²) in [6.45, 7) is 0.709. The lowest BCUT2D eigenvalue weighted by Crippen LogP contribution is -2.24. The zero-order valence-electron chi connectivity index (χ0n) is 13.2. The predicted molar refractivity (Wildman–Crippen MR) is 93.9 cm³/mol. The van der Waals surface area contributed by atoms with Crippen LogP contribution in [0.2, 0.25) is 0 Å². The van der Waals surface area contributed by atoms with Crippen LogP contribution in [0.25, 0.3) is 6.08 Å². The van der Waals surface area contributed by atoms with Crippen LogP contribution in [0.5, 0.6) is 0 Å². The second-order valence-corrected chi connectivity index (χ2v) is 5.14. The number of hydrogen-bond donors (Lipinski definition) is 2. The molecule has 0 aromatic heterocycles. The standard InChI is InChI=1S/C19H19N3O2/c20-13-17-12-18(21)10-9-16(17)8-4-5-11-22-19(23)24-14-15-6-2-1-3-7-15/h1-4,6-10,12H,5,11,14,21H2,(H,22,23). The minimum atomic E-state index is -0.447. The fraction of sp³-hybridized carbons (Fsp3) is 0.158. The molecule has 0 saturated carbocycles. The second kappa shape index (κ2) is 9.01. The van der Waals surface area contributed by atoms with E-state index in [-0.39, 0.29) is 6.61 Å². The molecule has 5 nitrogen and oxygen atoms in total. The molecule has 0 fully saturated rings. The van der Waals surface area contributed by atoms with Crippen molar-refractivity contribution in [2.24, 2.45) is 0 Å². The van der Waals surface area contributed by atoms with E-state index in [0.717, 1.165) is 11.1 Å². The molecule has 0 aliphatic rings. The average molecular weight is 321 g/mol. The highest BCUT2D eigenvalue weighted by Gasteiger charge is 2.01. The number of amides is 1. The zero-order valence-corrected chi connectivity index (χ0v) is 13.2. The number of carbonyl (C=O) groups is 1. The third-order valence-corrected chi connectivity index (χ3v) is 3.29. The SMILES string of the molecule is N#Cc1cc(N)ccc1C=CCCNC(=O)OCc1ccccc1. The summed E-state index contributed by atoms with van der Waals surface area (Å²) in [5.74, 6) is 0. The monoisotopic (exact) mass is 321 g/mol. The van der Waals surface area contributed by atoms with Gasteiger partial charge in [0.25, 0.3) is 0 Å². The maximum absolute atomic E-state index is 11.6. The number of carbonyl (C=O) groups excluding carboxylic acids is 1. The van der Waals surface area contributed by atoms with Gasteiger partial charge < -0.3 is 15.8 Å². The van der Waals surface area contributed by atoms with Gasteiger partial charge in [-0.25, -0.2) is 4.79 Å². The van der Waals surface area contributed by atoms with Gasteiger partial charge in [0.05, 0.1) is 11.6 Å². The molecule has 0 spiro atoms. The van der Waals surface area contributed by atoms with Crippen molar-refractivity contribution in [2.75, 3.05) is 12.3 Å². The molecule has 0 unspecified atom stereocenters. The Morgan fingerprint density at radius 1 is 1.25 bits per heavy atom. The Labute approximate surface area is 141 Å². The van der Waals surface area contributed by atoms with Crippen LogP contribution in [-0.4, -0.2) is 12.6 Å². The van der Waals surface area contributed by atoms with Gasteiger partial charge in [-0.2, -0.15) is 5.26 Å². The fourth-order valence-electron chi connectivity index (χ4n) is 2.06. The maximum Gasteiger partial charge on any atom is 0.407 e. The van der Waals surface area contributed by atoms with Crippen molar-refractivity contribution < 1.29 is 9.53 Å². The number of nitriles is 1. The summed E-state index contributed by atoms with van der Waals surface area (Å²) < 4.78 is 5.11. The fourth-order valence-corrected chi connectivity index (χ4v) is 2.06. The summed E-state index contributed by atoms with van der Waals surface area (Å²) in [4.78, 5) is 11.6. The number of ether oxygens (including phenoxy) is 1. The molecule has 24 heavy (non-hydrogen) atoms. The minimum absolute atomic E-state index is 0.249. The molecule has 0 aliphatic carbocycles. The highest BCUT2D eigenvalue weighted by molar-refractivity contribution is 5.67. The van der Waals surface area contributed by atoms with E-state index in [1.54, 1.807) is 18.2 Å². The van der Waals surface area contributed by atoms with E-state index in [4.69, 9.17) is 15.7 Å². The quantitative estimate of drug-likeness (QED) is 0.630. The second-order valence-electron chi connectivity index (χ2n) is 5.14. The molecule has 0 bridgehead atoms. The van der Waals surface area contributed by atoms with E-state index in [1.807, 2.05) is 42.5 Å². The molecule has 2 aromatic carbocycles. The first-order valence-corrected chi connectivity index (χ1v) is 7.60. The molecule has 2 rings (SSSR count). The lowest BCUT2D eigenvalue weighted by molar-refractivity contribution is 0.140. The summed E-state index contributed by atoms with van der Waals surface area (Å²) in [5.41, 5.74) is 8.49. The van der Waals surface area contributed by atoms with Gasteiger partial charge in [0, 0.05) is 12.2 Å². The molecule has 0 heterocycles. The van der Waals surface area contributed by atoms with Crippen molar-refractivity contribution in [1.29, 1.82) is 5.26 Å². The molecule has 0 atom stereocenters. The van der Waals surface area contributed by atoms with Crippen molar-refractivity contribution in [3.8, 4) is 6.07 Å². The number of benzene rings is 2. The van der Waals surface area contributed by atoms with Gasteiger partial charge in [-0.15, -0.1) is 0 Å². The number of nitrogens with one attached hydrogen (secondary N) is 1. The first-order valence-electron chi connectivity index (χ1n) is 7.60. The lowest BCUT2D eigenvalue weighted by atomic mass is 10.1. The molecular formula is C19H19N3O2. The van der Waals surface area contributed by atoms with Gasteiger partial charge in [0.1, 0.15) is 6.61 Å². The summed E-state index contributed by atoms with van der Waals surface area (Å²) in [7, 11) is 0. The van der Waals surface area contributed by atoms with Crippen LogP contribution in [0.4, 0.5) is 10.5 Å². The Kier molecular flexibility index (Phi) is 6.42. The Balaban J connectivity index is 1.71. The van der Waals surface area contributed by atoms with Crippen molar-refractivity contribution in [3.63, 3.8) is 0 Å². The van der Waals surface area contributed by atoms with E-state index in [2.05, 4.69) is 11.4 Å². The summed E-state index contributed by atoms with van der Waals surface area (Å²) in [6.07, 6.45) is 3.92. The normalized spacial score (nSPS) is 10.3. The van der Waals surface area contributed by atoms with Gasteiger partial charge in [0.2, 0.25) is 0 Å². The minimum Gasteiger partial charge on any atom is -0.445 e. The van der Waals surface area contributed by atoms with Crippen molar-refractivity contribution >= 4 is 17.9 Å². The van der Waals surface area contributed by atoms with Crippen molar-refractivity contribution in [3.05, 3.63) is 71.3 Å². The van der Waals surface area contributed by atoms with E-state index in [1.165, 1.54) is 0 Å². The molecule has 1 amide bonds. The highest BCUT2D eigenvalue weighted by atomic mass is 16.5. The van der Waals surface area contributed by atoms with Crippen LogP contribution in [0.1, 0.15) is 23.1 Å². The van der Waals surface area contributed by atoms with Crippen LogP contribution in [0.15, 0.2) is 54.6 Å². The summed E-state index contributed by atoms with van der Waals surface area (Å²) in [6, 6.07) is 16.8. The smallest absolute Gasteiger partial charge is 0.407 e. The molecule has 5 heteroatoms. The van der Waals surface area contributed by atoms with E-state index in [9.17, 15) is 4.79 Å². The van der Waals surface area contributed by atoms with Gasteiger partial charge in [0.15, 0.2) is 0 Å². The van der Waals surface area contributed by atoms with Crippen LogP contribution < -0.4 is 11.1 Å². The van der Waals surface area contributed by atoms with Crippen LogP contribution in [-0.2, 0) is 11.3 Å². The Bertz CT molecular complexity index is 749. The van der Waals surface area contributed by atoms with Crippen molar-refractivity contribution in [1.82, 2.24) is 5.32 Å². The molecular weight excluding hydrogens is 302 g/mol. The molecule has 3 N–H and O–H groups in total. The topological polar surface area (TPSA) is 88.1 Å². The van der Waals surface area contributed by atoms with Crippen LogP contribution >= 0.6 is 0 Å². The summed E-state index contributed by atoms with van der Waals surface area (Å²) in [5, 5.41) is 11.7. The van der Waals surface area contributed by atoms with Gasteiger partial charge in [-0.1, -0.05) is 48.6 Å². The van der Waals surface area contributed by atoms with E-state index in [0.29, 0.717) is 24.2 Å². The number of nitrogens with two attached hydrogens (primary N) is 1. The third kappa shape index (κ3) is 5.50. The summed E-state index contributed by atoms with van der Waals surface area (Å²) >= 11 is 0. The number of nitrogens with zero attached hydrogens (tertiary/aromatic N) is 1. The third-order valence-electron chi connectivity index (χ3n) is 3.29. The molecule has 122 valence electrons. The number of hydrogen-bond acceptors (Lipinski definition) is 4. The Hall–Kier alpha value is -3.26. The van der Waals surface area contributed by atoms with Crippen LogP contribution in [0, 0.1) is 11.3 Å². The number of nitrogen functional groups attached to an aromatic ring is 1. The van der Waals surface area contributed by atoms with Gasteiger partial charge >= 0.3 is 6.09 Å². The van der Waals surface area contributed by atoms with E-state index < -0.39 is 6.09 Å². The first kappa shape index (κ1) is 17.1. The Morgan fingerprint density at radius 3 is 2.79 bits per heavy atom. The number of alkyl carbamates (subject to hydrolysis) is 1. The van der Waals surface area contributed by atoms with Crippen LogP contribution in [0.3, 0.4) is 0 Å². The average Bonchev–Trinajstić information content (AvgIpc) is 2.61.